The van der Waals surface area contributed by atoms with Crippen LogP contribution >= 0.6 is 0 Å². The fraction of sp³-hybridized carbons (Fsp3) is 0.500. The fourth-order valence-electron chi connectivity index (χ4n) is 2.16. The van der Waals surface area contributed by atoms with Crippen molar-refractivity contribution < 1.29 is 4.79 Å². The number of likely N-dealkylation sites (N-methyl/N-ethyl adjacent to an activating group) is 1. The monoisotopic (exact) mass is 247 g/mol. The number of carbonyl (C=O) groups is 1. The van der Waals surface area contributed by atoms with Gasteiger partial charge in [-0.25, -0.2) is 0 Å². The molecule has 1 aromatic rings. The van der Waals surface area contributed by atoms with E-state index in [9.17, 15) is 4.79 Å². The molecule has 0 aliphatic carbocycles. The maximum Gasteiger partial charge on any atom is 0.224 e. The van der Waals surface area contributed by atoms with E-state index in [1.165, 1.54) is 11.1 Å². The van der Waals surface area contributed by atoms with Crippen molar-refractivity contribution in [1.82, 2.24) is 4.90 Å². The average molecular weight is 247 g/mol. The topological polar surface area (TPSA) is 58.4 Å². The Bertz CT molecular complexity index is 445. The van der Waals surface area contributed by atoms with Gasteiger partial charge in [-0.1, -0.05) is 12.1 Å². The first-order chi connectivity index (χ1) is 8.60. The molecule has 0 saturated heterocycles. The second-order valence-electron chi connectivity index (χ2n) is 5.04. The normalized spacial score (nSPS) is 16.3. The van der Waals surface area contributed by atoms with E-state index < -0.39 is 0 Å². The second kappa shape index (κ2) is 5.50. The number of anilines is 1. The highest BCUT2D eigenvalue weighted by Crippen LogP contribution is 2.24. The van der Waals surface area contributed by atoms with Crippen LogP contribution in [0.15, 0.2) is 18.2 Å². The summed E-state index contributed by atoms with van der Waals surface area (Å²) in [5, 5.41) is 2.90. The summed E-state index contributed by atoms with van der Waals surface area (Å²) in [5.41, 5.74) is 9.13. The number of fused-ring (bicyclic) bond motifs is 1. The Balaban J connectivity index is 2.09. The van der Waals surface area contributed by atoms with Gasteiger partial charge in [0, 0.05) is 31.2 Å². The van der Waals surface area contributed by atoms with Crippen molar-refractivity contribution in [1.29, 1.82) is 0 Å². The maximum absolute atomic E-state index is 11.3. The van der Waals surface area contributed by atoms with Crippen LogP contribution in [-0.2, 0) is 17.8 Å². The fourth-order valence-corrected chi connectivity index (χ4v) is 2.16. The zero-order valence-corrected chi connectivity index (χ0v) is 11.1. The molecule has 0 aromatic heterocycles. The van der Waals surface area contributed by atoms with Crippen LogP contribution in [0.4, 0.5) is 5.69 Å². The molecule has 1 aliphatic heterocycles. The number of nitrogens with two attached hydrogens (primary N) is 1. The summed E-state index contributed by atoms with van der Waals surface area (Å²) in [6.07, 6.45) is 1.43. The molecule has 98 valence electrons. The van der Waals surface area contributed by atoms with Crippen molar-refractivity contribution in [3.8, 4) is 0 Å². The Kier molecular flexibility index (Phi) is 3.99. The van der Waals surface area contributed by atoms with Crippen molar-refractivity contribution in [3.63, 3.8) is 0 Å². The predicted molar refractivity (Wildman–Crippen MR) is 73.4 cm³/mol. The number of amides is 1. The molecule has 4 heteroatoms. The summed E-state index contributed by atoms with van der Waals surface area (Å²) in [6, 6.07) is 6.64. The third-order valence-corrected chi connectivity index (χ3v) is 3.59. The number of hydrogen-bond acceptors (Lipinski definition) is 3. The van der Waals surface area contributed by atoms with Gasteiger partial charge in [0.25, 0.3) is 0 Å². The van der Waals surface area contributed by atoms with Gasteiger partial charge in [0.2, 0.25) is 5.91 Å². The molecule has 2 rings (SSSR count). The van der Waals surface area contributed by atoms with E-state index in [1.807, 2.05) is 6.07 Å². The minimum atomic E-state index is 0.115. The first kappa shape index (κ1) is 13.1. The van der Waals surface area contributed by atoms with Gasteiger partial charge in [0.15, 0.2) is 0 Å². The van der Waals surface area contributed by atoms with Crippen molar-refractivity contribution in [2.45, 2.75) is 32.4 Å². The van der Waals surface area contributed by atoms with E-state index in [4.69, 9.17) is 5.73 Å². The average Bonchev–Trinajstić information content (AvgIpc) is 2.38. The summed E-state index contributed by atoms with van der Waals surface area (Å²) in [5.74, 6) is 0.115. The third kappa shape index (κ3) is 2.89. The summed E-state index contributed by atoms with van der Waals surface area (Å²) in [4.78, 5) is 13.5. The molecule has 3 N–H and O–H groups in total. The van der Waals surface area contributed by atoms with E-state index in [-0.39, 0.29) is 5.91 Å². The molecule has 1 amide bonds. The lowest BCUT2D eigenvalue weighted by atomic mass is 10.00. The van der Waals surface area contributed by atoms with Gasteiger partial charge in [-0.3, -0.25) is 9.69 Å². The van der Waals surface area contributed by atoms with Gasteiger partial charge in [0.1, 0.15) is 0 Å². The summed E-state index contributed by atoms with van der Waals surface area (Å²) in [7, 11) is 2.08. The lowest BCUT2D eigenvalue weighted by Crippen LogP contribution is -2.34. The highest BCUT2D eigenvalue weighted by Gasteiger charge is 2.15. The molecular weight excluding hydrogens is 226 g/mol. The lowest BCUT2D eigenvalue weighted by molar-refractivity contribution is -0.116. The number of aryl methyl sites for hydroxylation is 1. The highest BCUT2D eigenvalue weighted by molar-refractivity contribution is 5.93. The zero-order chi connectivity index (χ0) is 13.1. The molecule has 1 aromatic carbocycles. The number of benzene rings is 1. The lowest BCUT2D eigenvalue weighted by Gasteiger charge is -2.24. The Morgan fingerprint density at radius 3 is 2.94 bits per heavy atom. The van der Waals surface area contributed by atoms with Crippen molar-refractivity contribution in [3.05, 3.63) is 29.3 Å². The molecule has 0 bridgehead atoms. The van der Waals surface area contributed by atoms with Crippen molar-refractivity contribution in [2.24, 2.45) is 5.73 Å². The molecule has 18 heavy (non-hydrogen) atoms. The minimum absolute atomic E-state index is 0.115. The van der Waals surface area contributed by atoms with E-state index in [0.717, 1.165) is 18.7 Å². The molecule has 1 unspecified atom stereocenters. The van der Waals surface area contributed by atoms with Gasteiger partial charge < -0.3 is 11.1 Å². The molecule has 1 heterocycles. The molecule has 0 saturated carbocycles. The standard InChI is InChI=1S/C14H21N3O/c1-10(8-15)17(2)9-11-3-5-13-12(7-11)4-6-14(18)16-13/h3,5,7,10H,4,6,8-9,15H2,1-2H3,(H,16,18). The quantitative estimate of drug-likeness (QED) is 0.844. The van der Waals surface area contributed by atoms with Crippen molar-refractivity contribution in [2.75, 3.05) is 18.9 Å². The smallest absolute Gasteiger partial charge is 0.224 e. The van der Waals surface area contributed by atoms with Crippen LogP contribution in [0.1, 0.15) is 24.5 Å². The van der Waals surface area contributed by atoms with E-state index in [1.54, 1.807) is 0 Å². The summed E-state index contributed by atoms with van der Waals surface area (Å²) >= 11 is 0. The second-order valence-corrected chi connectivity index (χ2v) is 5.04. The molecule has 0 radical (unpaired) electrons. The SMILES string of the molecule is CC(CN)N(C)Cc1ccc2c(c1)CCC(=O)N2. The third-order valence-electron chi connectivity index (χ3n) is 3.59. The van der Waals surface area contributed by atoms with Gasteiger partial charge in [-0.2, -0.15) is 0 Å². The van der Waals surface area contributed by atoms with Crippen LogP contribution in [0.3, 0.4) is 0 Å². The number of nitrogens with one attached hydrogen (secondary N) is 1. The first-order valence-electron chi connectivity index (χ1n) is 6.42. The Morgan fingerprint density at radius 1 is 1.44 bits per heavy atom. The van der Waals surface area contributed by atoms with Crippen LogP contribution in [0.5, 0.6) is 0 Å². The Labute approximate surface area is 108 Å². The Hall–Kier alpha value is -1.39. The zero-order valence-electron chi connectivity index (χ0n) is 11.1. The van der Waals surface area contributed by atoms with Crippen LogP contribution in [0.25, 0.3) is 0 Å². The van der Waals surface area contributed by atoms with E-state index in [2.05, 4.69) is 36.3 Å². The number of nitrogens with zero attached hydrogens (tertiary/aromatic N) is 1. The van der Waals surface area contributed by atoms with Crippen LogP contribution in [-0.4, -0.2) is 30.4 Å². The van der Waals surface area contributed by atoms with E-state index in [0.29, 0.717) is 19.0 Å². The Morgan fingerprint density at radius 2 is 2.22 bits per heavy atom. The summed E-state index contributed by atoms with van der Waals surface area (Å²) < 4.78 is 0. The van der Waals surface area contributed by atoms with Gasteiger partial charge in [-0.15, -0.1) is 0 Å². The minimum Gasteiger partial charge on any atom is -0.329 e. The van der Waals surface area contributed by atoms with Crippen LogP contribution in [0.2, 0.25) is 0 Å². The number of hydrogen-bond donors (Lipinski definition) is 2. The van der Waals surface area contributed by atoms with Crippen LogP contribution < -0.4 is 11.1 Å². The first-order valence-corrected chi connectivity index (χ1v) is 6.42. The van der Waals surface area contributed by atoms with Crippen LogP contribution in [0, 0.1) is 0 Å². The van der Waals surface area contributed by atoms with E-state index >= 15 is 0 Å². The molecule has 4 nitrogen and oxygen atoms in total. The largest absolute Gasteiger partial charge is 0.329 e. The molecule has 1 aliphatic rings. The van der Waals surface area contributed by atoms with Gasteiger partial charge in [-0.05, 0) is 37.6 Å². The molecular formula is C14H21N3O. The molecule has 0 fully saturated rings. The van der Waals surface area contributed by atoms with Crippen molar-refractivity contribution >= 4 is 11.6 Å². The molecule has 1 atom stereocenters. The highest BCUT2D eigenvalue weighted by atomic mass is 16.1. The van der Waals surface area contributed by atoms with Gasteiger partial charge >= 0.3 is 0 Å². The maximum atomic E-state index is 11.3. The van der Waals surface area contributed by atoms with Gasteiger partial charge in [0.05, 0.1) is 0 Å². The summed E-state index contributed by atoms with van der Waals surface area (Å²) in [6.45, 7) is 3.68. The number of carbonyl (C=O) groups excluding carboxylic acids is 1. The number of rotatable bonds is 4. The molecule has 0 spiro atoms. The predicted octanol–water partition coefficient (Wildman–Crippen LogP) is 1.35.